The molecule has 3 rings (SSSR count). The number of carbonyl (C=O) groups excluding carboxylic acids is 1. The summed E-state index contributed by atoms with van der Waals surface area (Å²) >= 11 is 0. The molecule has 3 aromatic rings. The van der Waals surface area contributed by atoms with E-state index in [9.17, 15) is 14.4 Å². The minimum absolute atomic E-state index is 0.283. The first-order valence-corrected chi connectivity index (χ1v) is 7.50. The van der Waals surface area contributed by atoms with Gasteiger partial charge in [-0.3, -0.25) is 14.2 Å². The van der Waals surface area contributed by atoms with E-state index in [4.69, 9.17) is 0 Å². The third kappa shape index (κ3) is 2.83. The highest BCUT2D eigenvalue weighted by atomic mass is 16.2. The number of rotatable bonds is 3. The van der Waals surface area contributed by atoms with Crippen molar-refractivity contribution in [2.24, 2.45) is 0 Å². The molecule has 7 heteroatoms. The Morgan fingerprint density at radius 2 is 2.04 bits per heavy atom. The van der Waals surface area contributed by atoms with Crippen molar-refractivity contribution in [1.29, 1.82) is 0 Å². The van der Waals surface area contributed by atoms with Crippen LogP contribution in [0.25, 0.3) is 10.9 Å². The van der Waals surface area contributed by atoms with Crippen molar-refractivity contribution in [2.75, 3.05) is 5.32 Å². The quantitative estimate of drug-likeness (QED) is 0.766. The molecular formula is C17H16N4O3. The van der Waals surface area contributed by atoms with Gasteiger partial charge in [-0.2, -0.15) is 0 Å². The van der Waals surface area contributed by atoms with Crippen molar-refractivity contribution in [2.45, 2.75) is 20.4 Å². The molecule has 0 aliphatic rings. The Morgan fingerprint density at radius 1 is 1.25 bits per heavy atom. The Hall–Kier alpha value is -3.22. The maximum atomic E-state index is 12.3. The second kappa shape index (κ2) is 6.11. The lowest BCUT2D eigenvalue weighted by Gasteiger charge is -2.07. The molecule has 0 saturated heterocycles. The van der Waals surface area contributed by atoms with E-state index >= 15 is 0 Å². The molecule has 24 heavy (non-hydrogen) atoms. The minimum Gasteiger partial charge on any atom is -0.307 e. The molecule has 0 spiro atoms. The zero-order valence-corrected chi connectivity index (χ0v) is 13.3. The molecular weight excluding hydrogens is 308 g/mol. The summed E-state index contributed by atoms with van der Waals surface area (Å²) in [4.78, 5) is 43.2. The average Bonchev–Trinajstić information content (AvgIpc) is 2.56. The van der Waals surface area contributed by atoms with Crippen molar-refractivity contribution in [3.8, 4) is 0 Å². The van der Waals surface area contributed by atoms with Crippen LogP contribution in [0.15, 0.2) is 46.1 Å². The summed E-state index contributed by atoms with van der Waals surface area (Å²) in [6.45, 7) is 3.91. The van der Waals surface area contributed by atoms with Crippen LogP contribution in [0.2, 0.25) is 0 Å². The number of amides is 1. The molecule has 2 aromatic heterocycles. The summed E-state index contributed by atoms with van der Waals surface area (Å²) in [5.74, 6) is 0.0642. The molecule has 122 valence electrons. The molecule has 1 aromatic carbocycles. The topological polar surface area (TPSA) is 96.8 Å². The van der Waals surface area contributed by atoms with Gasteiger partial charge >= 0.3 is 5.69 Å². The number of fused-ring (bicyclic) bond motifs is 1. The second-order valence-corrected chi connectivity index (χ2v) is 5.41. The van der Waals surface area contributed by atoms with Crippen LogP contribution in [0.4, 0.5) is 5.82 Å². The highest BCUT2D eigenvalue weighted by molar-refractivity contribution is 6.05. The molecule has 1 amide bonds. The number of H-pyrrole nitrogens is 1. The van der Waals surface area contributed by atoms with Gasteiger partial charge in [0.1, 0.15) is 5.82 Å². The number of anilines is 1. The summed E-state index contributed by atoms with van der Waals surface area (Å²) in [5.41, 5.74) is 0.785. The van der Waals surface area contributed by atoms with E-state index < -0.39 is 5.69 Å². The van der Waals surface area contributed by atoms with Gasteiger partial charge in [0.05, 0.1) is 10.9 Å². The standard InChI is InChI=1S/C17H16N4O3/c1-3-21-16(23)12-6-5-11(8-13(12)19-17(21)24)15(22)20-14-7-4-10(2)9-18-14/h4-9H,3H2,1-2H3,(H,19,24)(H,18,20,22). The number of nitrogens with one attached hydrogen (secondary N) is 2. The van der Waals surface area contributed by atoms with Gasteiger partial charge in [-0.15, -0.1) is 0 Å². The Morgan fingerprint density at radius 3 is 2.71 bits per heavy atom. The number of carbonyl (C=O) groups is 1. The number of hydrogen-bond donors (Lipinski definition) is 2. The van der Waals surface area contributed by atoms with E-state index in [0.29, 0.717) is 22.3 Å². The van der Waals surface area contributed by atoms with Crippen LogP contribution in [-0.2, 0) is 6.54 Å². The van der Waals surface area contributed by atoms with Crippen molar-refractivity contribution >= 4 is 22.6 Å². The first-order chi connectivity index (χ1) is 11.5. The summed E-state index contributed by atoms with van der Waals surface area (Å²) < 4.78 is 1.11. The van der Waals surface area contributed by atoms with Gasteiger partial charge in [-0.25, -0.2) is 9.78 Å². The Kier molecular flexibility index (Phi) is 3.99. The number of nitrogens with zero attached hydrogens (tertiary/aromatic N) is 2. The van der Waals surface area contributed by atoms with Gasteiger partial charge in [0, 0.05) is 18.3 Å². The molecule has 2 heterocycles. The van der Waals surface area contributed by atoms with Crippen molar-refractivity contribution in [3.05, 3.63) is 68.5 Å². The monoisotopic (exact) mass is 324 g/mol. The van der Waals surface area contributed by atoms with E-state index in [-0.39, 0.29) is 18.0 Å². The molecule has 0 fully saturated rings. The lowest BCUT2D eigenvalue weighted by molar-refractivity contribution is 0.102. The molecule has 7 nitrogen and oxygen atoms in total. The number of aromatic nitrogens is 3. The number of benzene rings is 1. The fraction of sp³-hybridized carbons (Fsp3) is 0.176. The van der Waals surface area contributed by atoms with Gasteiger partial charge in [-0.05, 0) is 43.7 Å². The van der Waals surface area contributed by atoms with Crippen molar-refractivity contribution in [1.82, 2.24) is 14.5 Å². The van der Waals surface area contributed by atoms with Crippen molar-refractivity contribution in [3.63, 3.8) is 0 Å². The average molecular weight is 324 g/mol. The van der Waals surface area contributed by atoms with Gasteiger partial charge < -0.3 is 10.3 Å². The first kappa shape index (κ1) is 15.7. The number of aromatic amines is 1. The zero-order valence-electron chi connectivity index (χ0n) is 13.3. The van der Waals surface area contributed by atoms with Crippen LogP contribution >= 0.6 is 0 Å². The maximum absolute atomic E-state index is 12.3. The number of aryl methyl sites for hydroxylation is 1. The second-order valence-electron chi connectivity index (χ2n) is 5.41. The summed E-state index contributed by atoms with van der Waals surface area (Å²) in [7, 11) is 0. The van der Waals surface area contributed by atoms with Crippen LogP contribution in [0.5, 0.6) is 0 Å². The molecule has 0 atom stereocenters. The number of pyridine rings is 1. The van der Waals surface area contributed by atoms with E-state index in [0.717, 1.165) is 10.1 Å². The van der Waals surface area contributed by atoms with Crippen LogP contribution < -0.4 is 16.6 Å². The van der Waals surface area contributed by atoms with Crippen LogP contribution in [0, 0.1) is 6.92 Å². The van der Waals surface area contributed by atoms with Crippen molar-refractivity contribution < 1.29 is 4.79 Å². The molecule has 2 N–H and O–H groups in total. The fourth-order valence-electron chi connectivity index (χ4n) is 2.41. The van der Waals surface area contributed by atoms with Crippen LogP contribution in [-0.4, -0.2) is 20.4 Å². The third-order valence-corrected chi connectivity index (χ3v) is 3.71. The molecule has 0 bridgehead atoms. The van der Waals surface area contributed by atoms with E-state index in [1.165, 1.54) is 12.1 Å². The normalized spacial score (nSPS) is 10.8. The maximum Gasteiger partial charge on any atom is 0.328 e. The predicted octanol–water partition coefficient (Wildman–Crippen LogP) is 1.67. The van der Waals surface area contributed by atoms with E-state index in [2.05, 4.69) is 15.3 Å². The highest BCUT2D eigenvalue weighted by Crippen LogP contribution is 2.12. The molecule has 0 aliphatic carbocycles. The molecule has 0 aliphatic heterocycles. The smallest absolute Gasteiger partial charge is 0.307 e. The Labute approximate surface area is 137 Å². The van der Waals surface area contributed by atoms with Crippen LogP contribution in [0.1, 0.15) is 22.8 Å². The SMILES string of the molecule is CCn1c(=O)[nH]c2cc(C(=O)Nc3ccc(C)cn3)ccc2c1=O. The predicted molar refractivity (Wildman–Crippen MR) is 91.4 cm³/mol. The Bertz CT molecular complexity index is 1030. The summed E-state index contributed by atoms with van der Waals surface area (Å²) in [6.07, 6.45) is 1.65. The van der Waals surface area contributed by atoms with Gasteiger partial charge in [0.2, 0.25) is 0 Å². The summed E-state index contributed by atoms with van der Waals surface area (Å²) in [6, 6.07) is 8.12. The van der Waals surface area contributed by atoms with Crippen LogP contribution in [0.3, 0.4) is 0 Å². The third-order valence-electron chi connectivity index (χ3n) is 3.71. The van der Waals surface area contributed by atoms with Gasteiger partial charge in [0.15, 0.2) is 0 Å². The zero-order chi connectivity index (χ0) is 17.3. The number of hydrogen-bond acceptors (Lipinski definition) is 4. The molecule has 0 unspecified atom stereocenters. The van der Waals surface area contributed by atoms with E-state index in [1.807, 2.05) is 13.0 Å². The van der Waals surface area contributed by atoms with Gasteiger partial charge in [0.25, 0.3) is 11.5 Å². The lowest BCUT2D eigenvalue weighted by atomic mass is 10.1. The Balaban J connectivity index is 1.98. The fourth-order valence-corrected chi connectivity index (χ4v) is 2.41. The van der Waals surface area contributed by atoms with Gasteiger partial charge in [-0.1, -0.05) is 6.07 Å². The van der Waals surface area contributed by atoms with E-state index in [1.54, 1.807) is 25.3 Å². The lowest BCUT2D eigenvalue weighted by Crippen LogP contribution is -2.34. The summed E-state index contributed by atoms with van der Waals surface area (Å²) in [5, 5.41) is 3.04. The minimum atomic E-state index is -0.493. The largest absolute Gasteiger partial charge is 0.328 e. The molecule has 0 saturated carbocycles. The first-order valence-electron chi connectivity index (χ1n) is 7.50. The highest BCUT2D eigenvalue weighted by Gasteiger charge is 2.11. The molecule has 0 radical (unpaired) electrons.